The summed E-state index contributed by atoms with van der Waals surface area (Å²) in [5.41, 5.74) is 1.18. The molecule has 1 saturated heterocycles. The molecule has 1 fully saturated rings. The summed E-state index contributed by atoms with van der Waals surface area (Å²) in [6.07, 6.45) is 0.644. The Hall–Kier alpha value is -1.11. The van der Waals surface area contributed by atoms with Gasteiger partial charge in [-0.3, -0.25) is 0 Å². The lowest BCUT2D eigenvalue weighted by Crippen LogP contribution is -2.40. The summed E-state index contributed by atoms with van der Waals surface area (Å²) < 4.78 is 11.0. The van der Waals surface area contributed by atoms with Crippen LogP contribution in [-0.4, -0.2) is 31.6 Å². The van der Waals surface area contributed by atoms with Crippen LogP contribution >= 0.6 is 11.3 Å². The van der Waals surface area contributed by atoms with Crippen LogP contribution in [0.3, 0.4) is 0 Å². The third-order valence-electron chi connectivity index (χ3n) is 3.66. The van der Waals surface area contributed by atoms with Crippen molar-refractivity contribution < 1.29 is 14.3 Å². The molecule has 2 N–H and O–H groups in total. The topological polar surface area (TPSA) is 59.6 Å². The maximum Gasteiger partial charge on any atom is 0.315 e. The molecule has 0 spiro atoms. The van der Waals surface area contributed by atoms with E-state index < -0.39 is 5.79 Å². The highest BCUT2D eigenvalue weighted by Crippen LogP contribution is 2.26. The fourth-order valence-electron chi connectivity index (χ4n) is 2.51. The van der Waals surface area contributed by atoms with Gasteiger partial charge in [0.05, 0.1) is 19.3 Å². The van der Waals surface area contributed by atoms with Crippen LogP contribution in [-0.2, 0) is 9.47 Å². The van der Waals surface area contributed by atoms with E-state index in [2.05, 4.69) is 30.5 Å². The van der Waals surface area contributed by atoms with Crippen LogP contribution in [0.2, 0.25) is 0 Å². The van der Waals surface area contributed by atoms with E-state index in [4.69, 9.17) is 9.47 Å². The highest BCUT2D eigenvalue weighted by atomic mass is 32.1. The lowest BCUT2D eigenvalue weighted by atomic mass is 10.1. The van der Waals surface area contributed by atoms with Crippen molar-refractivity contribution in [3.05, 3.63) is 21.4 Å². The highest BCUT2D eigenvalue weighted by Gasteiger charge is 2.30. The van der Waals surface area contributed by atoms with Crippen LogP contribution in [0.1, 0.15) is 41.6 Å². The van der Waals surface area contributed by atoms with Gasteiger partial charge in [-0.1, -0.05) is 0 Å². The fourth-order valence-corrected chi connectivity index (χ4v) is 3.53. The van der Waals surface area contributed by atoms with E-state index in [-0.39, 0.29) is 12.1 Å². The van der Waals surface area contributed by atoms with Crippen LogP contribution < -0.4 is 10.6 Å². The maximum absolute atomic E-state index is 11.9. The summed E-state index contributed by atoms with van der Waals surface area (Å²) in [6.45, 7) is 9.83. The zero-order valence-corrected chi connectivity index (χ0v) is 13.9. The number of amides is 2. The number of nitrogens with one attached hydrogen (secondary N) is 2. The molecular weight excluding hydrogens is 288 g/mol. The standard InChI is InChI=1S/C15H24N2O3S/c1-10-9-13(12(3)21-10)11(2)17-14(18)16-6-5-15(4)19-7-8-20-15/h9,11H,5-8H2,1-4H3,(H2,16,17,18)/t11-/m1/s1. The van der Waals surface area contributed by atoms with Gasteiger partial charge in [0.2, 0.25) is 0 Å². The third-order valence-corrected chi connectivity index (χ3v) is 4.64. The number of hydrogen-bond acceptors (Lipinski definition) is 4. The van der Waals surface area contributed by atoms with Crippen LogP contribution in [0.25, 0.3) is 0 Å². The average molecular weight is 312 g/mol. The van der Waals surface area contributed by atoms with E-state index in [9.17, 15) is 4.79 Å². The molecule has 2 rings (SSSR count). The van der Waals surface area contributed by atoms with Crippen molar-refractivity contribution in [2.75, 3.05) is 19.8 Å². The summed E-state index contributed by atoms with van der Waals surface area (Å²) in [5, 5.41) is 5.82. The first-order valence-electron chi connectivity index (χ1n) is 7.29. The molecule has 1 aromatic rings. The van der Waals surface area contributed by atoms with Gasteiger partial charge in [0, 0.05) is 22.7 Å². The Morgan fingerprint density at radius 2 is 2.10 bits per heavy atom. The molecule has 6 heteroatoms. The Morgan fingerprint density at radius 3 is 2.67 bits per heavy atom. The number of thiophene rings is 1. The zero-order chi connectivity index (χ0) is 15.5. The molecule has 21 heavy (non-hydrogen) atoms. The second-order valence-electron chi connectivity index (χ2n) is 5.57. The molecule has 1 aliphatic heterocycles. The van der Waals surface area contributed by atoms with Crippen molar-refractivity contribution in [3.8, 4) is 0 Å². The molecule has 0 radical (unpaired) electrons. The van der Waals surface area contributed by atoms with E-state index >= 15 is 0 Å². The first-order chi connectivity index (χ1) is 9.89. The van der Waals surface area contributed by atoms with Gasteiger partial charge in [-0.05, 0) is 39.3 Å². The number of carbonyl (C=O) groups excluding carboxylic acids is 1. The number of ether oxygens (including phenoxy) is 2. The number of urea groups is 1. The molecule has 0 unspecified atom stereocenters. The fraction of sp³-hybridized carbons (Fsp3) is 0.667. The van der Waals surface area contributed by atoms with Gasteiger partial charge in [-0.2, -0.15) is 0 Å². The van der Waals surface area contributed by atoms with E-state index in [1.54, 1.807) is 11.3 Å². The molecular formula is C15H24N2O3S. The predicted octanol–water partition coefficient (Wildman–Crippen LogP) is 2.88. The molecule has 2 amide bonds. The van der Waals surface area contributed by atoms with E-state index in [0.29, 0.717) is 26.2 Å². The highest BCUT2D eigenvalue weighted by molar-refractivity contribution is 7.12. The van der Waals surface area contributed by atoms with Crippen LogP contribution in [0.4, 0.5) is 4.79 Å². The van der Waals surface area contributed by atoms with Crippen molar-refractivity contribution in [2.45, 2.75) is 45.9 Å². The van der Waals surface area contributed by atoms with Gasteiger partial charge in [-0.15, -0.1) is 11.3 Å². The largest absolute Gasteiger partial charge is 0.348 e. The zero-order valence-electron chi connectivity index (χ0n) is 13.1. The van der Waals surface area contributed by atoms with Crippen LogP contribution in [0, 0.1) is 13.8 Å². The Bertz CT molecular complexity index is 495. The van der Waals surface area contributed by atoms with E-state index in [1.807, 2.05) is 13.8 Å². The second kappa shape index (κ2) is 6.77. The van der Waals surface area contributed by atoms with E-state index in [1.165, 1.54) is 15.3 Å². The van der Waals surface area contributed by atoms with Crippen molar-refractivity contribution in [1.29, 1.82) is 0 Å². The summed E-state index contributed by atoms with van der Waals surface area (Å²) in [4.78, 5) is 14.4. The Kier molecular flexibility index (Phi) is 5.24. The van der Waals surface area contributed by atoms with Crippen molar-refractivity contribution in [1.82, 2.24) is 10.6 Å². The Labute approximate surface area is 130 Å². The molecule has 1 atom stereocenters. The van der Waals surface area contributed by atoms with Gasteiger partial charge in [0.15, 0.2) is 5.79 Å². The van der Waals surface area contributed by atoms with Gasteiger partial charge in [0.25, 0.3) is 0 Å². The molecule has 1 aliphatic rings. The molecule has 1 aromatic heterocycles. The molecule has 5 nitrogen and oxygen atoms in total. The number of carbonyl (C=O) groups is 1. The SMILES string of the molecule is Cc1cc([C@@H](C)NC(=O)NCCC2(C)OCCO2)c(C)s1. The minimum Gasteiger partial charge on any atom is -0.348 e. The first-order valence-corrected chi connectivity index (χ1v) is 8.10. The van der Waals surface area contributed by atoms with Gasteiger partial charge in [-0.25, -0.2) is 4.79 Å². The quantitative estimate of drug-likeness (QED) is 0.879. The summed E-state index contributed by atoms with van der Waals surface area (Å²) in [6, 6.07) is 1.98. The smallest absolute Gasteiger partial charge is 0.315 e. The first kappa shape index (κ1) is 16.3. The predicted molar refractivity (Wildman–Crippen MR) is 83.7 cm³/mol. The van der Waals surface area contributed by atoms with Gasteiger partial charge >= 0.3 is 6.03 Å². The lowest BCUT2D eigenvalue weighted by molar-refractivity contribution is -0.145. The molecule has 118 valence electrons. The summed E-state index contributed by atoms with van der Waals surface area (Å²) in [7, 11) is 0. The number of hydrogen-bond donors (Lipinski definition) is 2. The second-order valence-corrected chi connectivity index (χ2v) is 7.03. The molecule has 2 heterocycles. The van der Waals surface area contributed by atoms with Crippen LogP contribution in [0.5, 0.6) is 0 Å². The van der Waals surface area contributed by atoms with E-state index in [0.717, 1.165) is 0 Å². The van der Waals surface area contributed by atoms with Crippen LogP contribution in [0.15, 0.2) is 6.07 Å². The molecule has 0 bridgehead atoms. The lowest BCUT2D eigenvalue weighted by Gasteiger charge is -2.22. The normalized spacial score (nSPS) is 18.5. The number of aryl methyl sites for hydroxylation is 2. The molecule has 0 saturated carbocycles. The summed E-state index contributed by atoms with van der Waals surface area (Å²) in [5.74, 6) is -0.556. The molecule has 0 aromatic carbocycles. The van der Waals surface area contributed by atoms with Crippen molar-refractivity contribution >= 4 is 17.4 Å². The van der Waals surface area contributed by atoms with Gasteiger partial charge < -0.3 is 20.1 Å². The van der Waals surface area contributed by atoms with Crippen molar-refractivity contribution in [2.24, 2.45) is 0 Å². The average Bonchev–Trinajstić information content (AvgIpc) is 2.96. The summed E-state index contributed by atoms with van der Waals surface area (Å²) >= 11 is 1.75. The monoisotopic (exact) mass is 312 g/mol. The Balaban J connectivity index is 1.75. The Morgan fingerprint density at radius 1 is 1.43 bits per heavy atom. The minimum absolute atomic E-state index is 0.00418. The third kappa shape index (κ3) is 4.43. The minimum atomic E-state index is -0.556. The molecule has 0 aliphatic carbocycles. The maximum atomic E-state index is 11.9. The van der Waals surface area contributed by atoms with Crippen molar-refractivity contribution in [3.63, 3.8) is 0 Å². The van der Waals surface area contributed by atoms with Gasteiger partial charge in [0.1, 0.15) is 0 Å². The number of rotatable bonds is 5.